The van der Waals surface area contributed by atoms with Gasteiger partial charge < -0.3 is 10.4 Å². The van der Waals surface area contributed by atoms with Gasteiger partial charge in [0.05, 0.1) is 17.7 Å². The average Bonchev–Trinajstić information content (AvgIpc) is 3.18. The molecule has 2 unspecified atom stereocenters. The number of hydrogen-bond acceptors (Lipinski definition) is 3. The molecular weight excluding hydrogens is 252 g/mol. The molecule has 20 heavy (non-hydrogen) atoms. The summed E-state index contributed by atoms with van der Waals surface area (Å²) in [4.78, 5) is 16.2. The standard InChI is InChI=1S/C16H20N2O2/c1-2-5-12-10-15(12)18-16(20)14-7-8-17-11-13(14)6-3-4-9-19/h7-8,11-12,15,19H,2,4-5,9-10H2,1H3,(H,18,20). The molecule has 2 N–H and O–H groups in total. The van der Waals surface area contributed by atoms with Gasteiger partial charge >= 0.3 is 0 Å². The molecule has 0 radical (unpaired) electrons. The average molecular weight is 272 g/mol. The Labute approximate surface area is 119 Å². The minimum Gasteiger partial charge on any atom is -0.395 e. The molecule has 1 heterocycles. The third-order valence-electron chi connectivity index (χ3n) is 3.42. The van der Waals surface area contributed by atoms with Crippen LogP contribution in [0.3, 0.4) is 0 Å². The Bertz CT molecular complexity index is 531. The van der Waals surface area contributed by atoms with Gasteiger partial charge in [-0.3, -0.25) is 9.78 Å². The maximum Gasteiger partial charge on any atom is 0.252 e. The van der Waals surface area contributed by atoms with Crippen LogP contribution < -0.4 is 5.32 Å². The number of nitrogens with one attached hydrogen (secondary N) is 1. The molecule has 2 rings (SSSR count). The molecule has 2 atom stereocenters. The summed E-state index contributed by atoms with van der Waals surface area (Å²) in [6.07, 6.45) is 7.00. The van der Waals surface area contributed by atoms with Crippen LogP contribution in [0.4, 0.5) is 0 Å². The van der Waals surface area contributed by atoms with Crippen LogP contribution in [0, 0.1) is 17.8 Å². The van der Waals surface area contributed by atoms with Crippen LogP contribution in [0.15, 0.2) is 18.5 Å². The number of hydrogen-bond donors (Lipinski definition) is 2. The molecule has 1 aliphatic rings. The number of nitrogens with zero attached hydrogens (tertiary/aromatic N) is 1. The Balaban J connectivity index is 2.01. The Morgan fingerprint density at radius 1 is 1.60 bits per heavy atom. The molecule has 1 amide bonds. The van der Waals surface area contributed by atoms with Gasteiger partial charge in [0.2, 0.25) is 0 Å². The summed E-state index contributed by atoms with van der Waals surface area (Å²) in [6.45, 7) is 2.19. The largest absolute Gasteiger partial charge is 0.395 e. The third kappa shape index (κ3) is 3.82. The fourth-order valence-corrected chi connectivity index (χ4v) is 2.27. The van der Waals surface area contributed by atoms with Crippen molar-refractivity contribution < 1.29 is 9.90 Å². The molecule has 0 aromatic carbocycles. The molecular formula is C16H20N2O2. The summed E-state index contributed by atoms with van der Waals surface area (Å²) in [5.74, 6) is 6.27. The highest BCUT2D eigenvalue weighted by Crippen LogP contribution is 2.34. The molecule has 106 valence electrons. The van der Waals surface area contributed by atoms with Crippen molar-refractivity contribution in [3.05, 3.63) is 29.6 Å². The number of carbonyl (C=O) groups excluding carboxylic acids is 1. The fraction of sp³-hybridized carbons (Fsp3) is 0.500. The van der Waals surface area contributed by atoms with Crippen molar-refractivity contribution >= 4 is 5.91 Å². The van der Waals surface area contributed by atoms with Crippen molar-refractivity contribution in [1.82, 2.24) is 10.3 Å². The van der Waals surface area contributed by atoms with Gasteiger partial charge in [-0.2, -0.15) is 0 Å². The summed E-state index contributed by atoms with van der Waals surface area (Å²) in [7, 11) is 0. The first kappa shape index (κ1) is 14.5. The van der Waals surface area contributed by atoms with E-state index in [0.717, 1.165) is 12.8 Å². The first-order chi connectivity index (χ1) is 9.76. The van der Waals surface area contributed by atoms with E-state index < -0.39 is 0 Å². The summed E-state index contributed by atoms with van der Waals surface area (Å²) in [5.41, 5.74) is 1.18. The van der Waals surface area contributed by atoms with Gasteiger partial charge in [-0.05, 0) is 24.8 Å². The summed E-state index contributed by atoms with van der Waals surface area (Å²) < 4.78 is 0. The molecule has 0 saturated heterocycles. The highest BCUT2D eigenvalue weighted by molar-refractivity contribution is 5.96. The number of carbonyl (C=O) groups is 1. The first-order valence-electron chi connectivity index (χ1n) is 7.10. The van der Waals surface area contributed by atoms with E-state index in [4.69, 9.17) is 5.11 Å². The van der Waals surface area contributed by atoms with E-state index in [9.17, 15) is 4.79 Å². The molecule has 1 aromatic rings. The van der Waals surface area contributed by atoms with Crippen LogP contribution in [-0.4, -0.2) is 28.6 Å². The molecule has 4 nitrogen and oxygen atoms in total. The van der Waals surface area contributed by atoms with E-state index in [2.05, 4.69) is 29.1 Å². The van der Waals surface area contributed by atoms with Crippen LogP contribution in [0.2, 0.25) is 0 Å². The highest BCUT2D eigenvalue weighted by Gasteiger charge is 2.37. The van der Waals surface area contributed by atoms with Crippen molar-refractivity contribution in [3.63, 3.8) is 0 Å². The van der Waals surface area contributed by atoms with Crippen molar-refractivity contribution in [3.8, 4) is 11.8 Å². The molecule has 1 fully saturated rings. The Morgan fingerprint density at radius 2 is 2.45 bits per heavy atom. The van der Waals surface area contributed by atoms with Gasteiger partial charge in [-0.25, -0.2) is 0 Å². The molecule has 1 aliphatic carbocycles. The quantitative estimate of drug-likeness (QED) is 0.802. The minimum absolute atomic E-state index is 0.0234. The lowest BCUT2D eigenvalue weighted by atomic mass is 10.1. The highest BCUT2D eigenvalue weighted by atomic mass is 16.2. The van der Waals surface area contributed by atoms with Gasteiger partial charge in [0.1, 0.15) is 0 Å². The lowest BCUT2D eigenvalue weighted by Crippen LogP contribution is -2.27. The number of aliphatic hydroxyl groups excluding tert-OH is 1. The molecule has 1 aromatic heterocycles. The fourth-order valence-electron chi connectivity index (χ4n) is 2.27. The maximum absolute atomic E-state index is 12.2. The lowest BCUT2D eigenvalue weighted by Gasteiger charge is -2.06. The topological polar surface area (TPSA) is 62.2 Å². The van der Waals surface area contributed by atoms with Crippen LogP contribution in [0.5, 0.6) is 0 Å². The van der Waals surface area contributed by atoms with Crippen molar-refractivity contribution in [2.45, 2.75) is 38.6 Å². The molecule has 0 bridgehead atoms. The van der Waals surface area contributed by atoms with Gasteiger partial charge in [-0.1, -0.05) is 25.2 Å². The molecule has 0 aliphatic heterocycles. The zero-order valence-electron chi connectivity index (χ0n) is 11.7. The van der Waals surface area contributed by atoms with Crippen LogP contribution in [0.1, 0.15) is 48.5 Å². The first-order valence-corrected chi connectivity index (χ1v) is 7.10. The van der Waals surface area contributed by atoms with Gasteiger partial charge in [0, 0.05) is 24.9 Å². The van der Waals surface area contributed by atoms with E-state index in [1.54, 1.807) is 18.5 Å². The maximum atomic E-state index is 12.2. The van der Waals surface area contributed by atoms with Gasteiger partial charge in [0.25, 0.3) is 5.91 Å². The number of aliphatic hydroxyl groups is 1. The number of amides is 1. The summed E-state index contributed by atoms with van der Waals surface area (Å²) in [5, 5.41) is 11.8. The van der Waals surface area contributed by atoms with Crippen LogP contribution in [-0.2, 0) is 0 Å². The number of rotatable bonds is 5. The monoisotopic (exact) mass is 272 g/mol. The lowest BCUT2D eigenvalue weighted by molar-refractivity contribution is 0.0948. The summed E-state index contributed by atoms with van der Waals surface area (Å²) in [6, 6.07) is 2.00. The van der Waals surface area contributed by atoms with Crippen LogP contribution >= 0.6 is 0 Å². The zero-order valence-corrected chi connectivity index (χ0v) is 11.7. The smallest absolute Gasteiger partial charge is 0.252 e. The molecule has 0 spiro atoms. The van der Waals surface area contributed by atoms with Crippen molar-refractivity contribution in [2.75, 3.05) is 6.61 Å². The number of pyridine rings is 1. The van der Waals surface area contributed by atoms with E-state index >= 15 is 0 Å². The summed E-state index contributed by atoms with van der Waals surface area (Å²) >= 11 is 0. The molecule has 1 saturated carbocycles. The predicted molar refractivity (Wildman–Crippen MR) is 77.1 cm³/mol. The Morgan fingerprint density at radius 3 is 3.20 bits per heavy atom. The minimum atomic E-state index is -0.0794. The Hall–Kier alpha value is -1.86. The SMILES string of the molecule is CCCC1CC1NC(=O)c1ccncc1C#CCCO. The van der Waals surface area contributed by atoms with E-state index in [-0.39, 0.29) is 12.5 Å². The third-order valence-corrected chi connectivity index (χ3v) is 3.42. The number of aromatic nitrogens is 1. The van der Waals surface area contributed by atoms with Gasteiger partial charge in [-0.15, -0.1) is 0 Å². The van der Waals surface area contributed by atoms with E-state index in [1.165, 1.54) is 6.42 Å². The zero-order chi connectivity index (χ0) is 14.4. The van der Waals surface area contributed by atoms with Crippen LogP contribution in [0.25, 0.3) is 0 Å². The second-order valence-electron chi connectivity index (χ2n) is 5.06. The van der Waals surface area contributed by atoms with Crippen molar-refractivity contribution in [2.24, 2.45) is 5.92 Å². The van der Waals surface area contributed by atoms with Crippen molar-refractivity contribution in [1.29, 1.82) is 0 Å². The second kappa shape index (κ2) is 7.06. The van der Waals surface area contributed by atoms with E-state index in [1.807, 2.05) is 0 Å². The normalized spacial score (nSPS) is 19.9. The Kier molecular flexibility index (Phi) is 5.14. The molecule has 4 heteroatoms. The van der Waals surface area contributed by atoms with E-state index in [0.29, 0.717) is 29.5 Å². The predicted octanol–water partition coefficient (Wildman–Crippen LogP) is 1.73. The van der Waals surface area contributed by atoms with Gasteiger partial charge in [0.15, 0.2) is 0 Å². The second-order valence-corrected chi connectivity index (χ2v) is 5.06.